The molecule has 0 unspecified atom stereocenters. The van der Waals surface area contributed by atoms with E-state index in [1.165, 1.54) is 23.1 Å². The summed E-state index contributed by atoms with van der Waals surface area (Å²) in [6, 6.07) is 9.47. The van der Waals surface area contributed by atoms with Crippen LogP contribution < -0.4 is 5.56 Å². The summed E-state index contributed by atoms with van der Waals surface area (Å²) in [5, 5.41) is 3.30. The lowest BCUT2D eigenvalue weighted by Crippen LogP contribution is -2.26. The van der Waals surface area contributed by atoms with Gasteiger partial charge in [0.05, 0.1) is 16.8 Å². The highest BCUT2D eigenvalue weighted by molar-refractivity contribution is 7.99. The molecule has 0 spiro atoms. The van der Waals surface area contributed by atoms with E-state index in [0.29, 0.717) is 11.1 Å². The van der Waals surface area contributed by atoms with Gasteiger partial charge in [0.15, 0.2) is 5.16 Å². The van der Waals surface area contributed by atoms with Crippen LogP contribution in [-0.4, -0.2) is 26.9 Å². The van der Waals surface area contributed by atoms with Crippen LogP contribution in [0, 0.1) is 0 Å². The van der Waals surface area contributed by atoms with Crippen molar-refractivity contribution in [2.45, 2.75) is 50.3 Å². The third-order valence-corrected chi connectivity index (χ3v) is 6.18. The first-order valence-electron chi connectivity index (χ1n) is 9.28. The quantitative estimate of drug-likeness (QED) is 0.342. The van der Waals surface area contributed by atoms with Gasteiger partial charge in [-0.3, -0.25) is 14.2 Å². The lowest BCUT2D eigenvalue weighted by Gasteiger charge is -2.19. The minimum atomic E-state index is -0.541. The molecule has 0 aliphatic heterocycles. The molecule has 0 amide bonds. The molecule has 2 aromatic heterocycles. The number of esters is 1. The Kier molecular flexibility index (Phi) is 5.05. The standard InChI is InChI=1S/C21H22N2O3S2/c1-21(2,3)26-16(24)12-28-20-22-18-17(15(11-27-18)13-9-10-13)19(25)23(20)14-7-5-4-6-8-14/h4-8,11,13H,9-10,12H2,1-3H3. The van der Waals surface area contributed by atoms with Gasteiger partial charge < -0.3 is 4.74 Å². The first-order chi connectivity index (χ1) is 13.3. The molecule has 146 valence electrons. The van der Waals surface area contributed by atoms with Crippen LogP contribution in [0.4, 0.5) is 0 Å². The average molecular weight is 415 g/mol. The van der Waals surface area contributed by atoms with Crippen LogP contribution in [0.3, 0.4) is 0 Å². The third kappa shape index (κ3) is 4.00. The van der Waals surface area contributed by atoms with Gasteiger partial charge in [-0.25, -0.2) is 4.98 Å². The number of nitrogens with zero attached hydrogens (tertiary/aromatic N) is 2. The average Bonchev–Trinajstić information content (AvgIpc) is 3.39. The largest absolute Gasteiger partial charge is 0.459 e. The van der Waals surface area contributed by atoms with Gasteiger partial charge in [0.25, 0.3) is 5.56 Å². The summed E-state index contributed by atoms with van der Waals surface area (Å²) in [6.07, 6.45) is 2.26. The van der Waals surface area contributed by atoms with E-state index >= 15 is 0 Å². The van der Waals surface area contributed by atoms with E-state index in [4.69, 9.17) is 9.72 Å². The molecule has 28 heavy (non-hydrogen) atoms. The first kappa shape index (κ1) is 19.2. The maximum Gasteiger partial charge on any atom is 0.316 e. The van der Waals surface area contributed by atoms with E-state index in [2.05, 4.69) is 5.38 Å². The van der Waals surface area contributed by atoms with Gasteiger partial charge in [-0.2, -0.15) is 0 Å². The van der Waals surface area contributed by atoms with Crippen molar-refractivity contribution in [1.82, 2.24) is 9.55 Å². The monoisotopic (exact) mass is 414 g/mol. The zero-order chi connectivity index (χ0) is 19.9. The molecule has 7 heteroatoms. The minimum Gasteiger partial charge on any atom is -0.459 e. The second-order valence-corrected chi connectivity index (χ2v) is 9.69. The van der Waals surface area contributed by atoms with E-state index in [1.54, 1.807) is 4.57 Å². The van der Waals surface area contributed by atoms with Crippen LogP contribution in [0.25, 0.3) is 15.9 Å². The molecule has 4 rings (SSSR count). The molecule has 5 nitrogen and oxygen atoms in total. The molecular formula is C21H22N2O3S2. The molecule has 0 N–H and O–H groups in total. The molecule has 1 fully saturated rings. The fraction of sp³-hybridized carbons (Fsp3) is 0.381. The second-order valence-electron chi connectivity index (χ2n) is 7.89. The van der Waals surface area contributed by atoms with Gasteiger partial charge in [-0.1, -0.05) is 30.0 Å². The maximum atomic E-state index is 13.4. The highest BCUT2D eigenvalue weighted by Crippen LogP contribution is 2.44. The molecule has 3 aromatic rings. The molecule has 0 atom stereocenters. The van der Waals surface area contributed by atoms with Crippen LogP contribution in [0.5, 0.6) is 0 Å². The fourth-order valence-corrected chi connectivity index (χ4v) is 4.93. The van der Waals surface area contributed by atoms with Crippen LogP contribution in [-0.2, 0) is 9.53 Å². The van der Waals surface area contributed by atoms with Gasteiger partial charge in [0.2, 0.25) is 0 Å². The third-order valence-electron chi connectivity index (χ3n) is 4.38. The summed E-state index contributed by atoms with van der Waals surface area (Å²) in [5.41, 5.74) is 1.26. The summed E-state index contributed by atoms with van der Waals surface area (Å²) >= 11 is 2.74. The Morgan fingerprint density at radius 1 is 1.29 bits per heavy atom. The number of para-hydroxylation sites is 1. The fourth-order valence-electron chi connectivity index (χ4n) is 3.08. The molecule has 1 aliphatic rings. The lowest BCUT2D eigenvalue weighted by molar-refractivity contribution is -0.151. The van der Waals surface area contributed by atoms with E-state index < -0.39 is 5.60 Å². The van der Waals surface area contributed by atoms with Crippen LogP contribution in [0.2, 0.25) is 0 Å². The molecule has 0 radical (unpaired) electrons. The molecular weight excluding hydrogens is 392 g/mol. The summed E-state index contributed by atoms with van der Waals surface area (Å²) in [4.78, 5) is 31.1. The molecule has 0 saturated heterocycles. The van der Waals surface area contributed by atoms with Crippen LogP contribution in [0.15, 0.2) is 45.7 Å². The summed E-state index contributed by atoms with van der Waals surface area (Å²) in [7, 11) is 0. The van der Waals surface area contributed by atoms with Crippen LogP contribution >= 0.6 is 23.1 Å². The van der Waals surface area contributed by atoms with Crippen molar-refractivity contribution in [3.63, 3.8) is 0 Å². The van der Waals surface area contributed by atoms with Gasteiger partial charge >= 0.3 is 5.97 Å². The molecule has 1 saturated carbocycles. The zero-order valence-corrected chi connectivity index (χ0v) is 17.7. The van der Waals surface area contributed by atoms with Gasteiger partial charge in [-0.15, -0.1) is 11.3 Å². The Labute approximate surface area is 171 Å². The predicted octanol–water partition coefficient (Wildman–Crippen LogP) is 4.76. The van der Waals surface area contributed by atoms with Crippen LogP contribution in [0.1, 0.15) is 45.1 Å². The minimum absolute atomic E-state index is 0.0639. The van der Waals surface area contributed by atoms with E-state index in [1.807, 2.05) is 51.1 Å². The number of fused-ring (bicyclic) bond motifs is 1. The number of thiophene rings is 1. The Bertz CT molecular complexity index is 1080. The van der Waals surface area contributed by atoms with Crippen molar-refractivity contribution in [1.29, 1.82) is 0 Å². The summed E-state index contributed by atoms with van der Waals surface area (Å²) in [6.45, 7) is 5.51. The number of benzene rings is 1. The molecule has 1 aliphatic carbocycles. The number of ether oxygens (including phenoxy) is 1. The van der Waals surface area contributed by atoms with Crippen molar-refractivity contribution in [2.24, 2.45) is 0 Å². The summed E-state index contributed by atoms with van der Waals surface area (Å²) in [5.74, 6) is 0.257. The first-order valence-corrected chi connectivity index (χ1v) is 11.1. The van der Waals surface area contributed by atoms with Crippen molar-refractivity contribution < 1.29 is 9.53 Å². The number of hydrogen-bond donors (Lipinski definition) is 0. The Morgan fingerprint density at radius 3 is 2.64 bits per heavy atom. The SMILES string of the molecule is CC(C)(C)OC(=O)CSc1nc2scc(C3CC3)c2c(=O)n1-c1ccccc1. The van der Waals surface area contributed by atoms with Crippen molar-refractivity contribution in [3.8, 4) is 5.69 Å². The maximum absolute atomic E-state index is 13.4. The topological polar surface area (TPSA) is 61.2 Å². The van der Waals surface area contributed by atoms with Crippen molar-refractivity contribution >= 4 is 39.3 Å². The number of rotatable bonds is 5. The van der Waals surface area contributed by atoms with Gasteiger partial charge in [0.1, 0.15) is 10.4 Å². The van der Waals surface area contributed by atoms with Gasteiger partial charge in [-0.05, 0) is 62.6 Å². The molecule has 1 aromatic carbocycles. The lowest BCUT2D eigenvalue weighted by atomic mass is 10.1. The smallest absolute Gasteiger partial charge is 0.316 e. The highest BCUT2D eigenvalue weighted by atomic mass is 32.2. The van der Waals surface area contributed by atoms with E-state index in [9.17, 15) is 9.59 Å². The predicted molar refractivity (Wildman–Crippen MR) is 114 cm³/mol. The molecule has 2 heterocycles. The Morgan fingerprint density at radius 2 is 2.00 bits per heavy atom. The van der Waals surface area contributed by atoms with Gasteiger partial charge in [0, 0.05) is 0 Å². The second kappa shape index (κ2) is 7.37. The Balaban J connectivity index is 1.76. The highest BCUT2D eigenvalue weighted by Gasteiger charge is 2.29. The Hall–Kier alpha value is -2.12. The van der Waals surface area contributed by atoms with E-state index in [0.717, 1.165) is 34.3 Å². The number of thioether (sulfide) groups is 1. The number of carbonyl (C=O) groups is 1. The normalized spacial score (nSPS) is 14.4. The summed E-state index contributed by atoms with van der Waals surface area (Å²) < 4.78 is 7.02. The number of hydrogen-bond acceptors (Lipinski definition) is 6. The van der Waals surface area contributed by atoms with Crippen molar-refractivity contribution in [2.75, 3.05) is 5.75 Å². The zero-order valence-electron chi connectivity index (χ0n) is 16.1. The van der Waals surface area contributed by atoms with Crippen molar-refractivity contribution in [3.05, 3.63) is 51.6 Å². The number of carbonyl (C=O) groups excluding carboxylic acids is 1. The molecule has 0 bridgehead atoms. The number of aromatic nitrogens is 2. The van der Waals surface area contributed by atoms with E-state index in [-0.39, 0.29) is 17.3 Å².